The SMILES string of the molecule is NC(=O)Cn1c(CCCl)nc2cccc(Cl)c21. The fourth-order valence-electron chi connectivity index (χ4n) is 1.79. The Labute approximate surface area is 108 Å². The molecule has 0 bridgehead atoms. The summed E-state index contributed by atoms with van der Waals surface area (Å²) in [6, 6.07) is 5.42. The molecule has 0 saturated carbocycles. The summed E-state index contributed by atoms with van der Waals surface area (Å²) in [7, 11) is 0. The Morgan fingerprint density at radius 1 is 1.47 bits per heavy atom. The van der Waals surface area contributed by atoms with Gasteiger partial charge in [0.2, 0.25) is 5.91 Å². The summed E-state index contributed by atoms with van der Waals surface area (Å²) in [4.78, 5) is 15.5. The van der Waals surface area contributed by atoms with Crippen LogP contribution in [0.5, 0.6) is 0 Å². The molecule has 1 amide bonds. The number of nitrogens with two attached hydrogens (primary N) is 1. The minimum absolute atomic E-state index is 0.0620. The molecule has 4 nitrogen and oxygen atoms in total. The van der Waals surface area contributed by atoms with Crippen LogP contribution in [0.4, 0.5) is 0 Å². The van der Waals surface area contributed by atoms with Crippen molar-refractivity contribution in [1.29, 1.82) is 0 Å². The van der Waals surface area contributed by atoms with Crippen molar-refractivity contribution in [3.8, 4) is 0 Å². The fraction of sp³-hybridized carbons (Fsp3) is 0.273. The number of para-hydroxylation sites is 1. The molecule has 0 aliphatic rings. The van der Waals surface area contributed by atoms with Crippen molar-refractivity contribution >= 4 is 40.1 Å². The quantitative estimate of drug-likeness (QED) is 0.865. The van der Waals surface area contributed by atoms with Crippen LogP contribution in [0.3, 0.4) is 0 Å². The number of alkyl halides is 1. The topological polar surface area (TPSA) is 60.9 Å². The Morgan fingerprint density at radius 2 is 2.24 bits per heavy atom. The molecule has 2 aromatic rings. The van der Waals surface area contributed by atoms with Gasteiger partial charge < -0.3 is 10.3 Å². The molecule has 1 aromatic carbocycles. The average molecular weight is 272 g/mol. The first-order chi connectivity index (χ1) is 8.13. The Morgan fingerprint density at radius 3 is 2.88 bits per heavy atom. The third-order valence-electron chi connectivity index (χ3n) is 2.43. The van der Waals surface area contributed by atoms with E-state index in [1.807, 2.05) is 12.1 Å². The lowest BCUT2D eigenvalue weighted by atomic mass is 10.3. The lowest BCUT2D eigenvalue weighted by Gasteiger charge is -2.06. The number of fused-ring (bicyclic) bond motifs is 1. The molecule has 0 radical (unpaired) electrons. The fourth-order valence-corrected chi connectivity index (χ4v) is 2.23. The van der Waals surface area contributed by atoms with Gasteiger partial charge in [-0.15, -0.1) is 11.6 Å². The molecule has 0 aliphatic heterocycles. The van der Waals surface area contributed by atoms with Gasteiger partial charge in [-0.1, -0.05) is 17.7 Å². The molecule has 1 heterocycles. The maximum absolute atomic E-state index is 11.1. The molecule has 2 N–H and O–H groups in total. The molecule has 90 valence electrons. The number of carbonyl (C=O) groups excluding carboxylic acids is 1. The second-order valence-electron chi connectivity index (χ2n) is 3.63. The second kappa shape index (κ2) is 4.94. The highest BCUT2D eigenvalue weighted by Gasteiger charge is 2.14. The summed E-state index contributed by atoms with van der Waals surface area (Å²) >= 11 is 11.8. The van der Waals surface area contributed by atoms with Gasteiger partial charge in [-0.25, -0.2) is 4.98 Å². The molecule has 17 heavy (non-hydrogen) atoms. The molecule has 2 rings (SSSR count). The van der Waals surface area contributed by atoms with E-state index >= 15 is 0 Å². The van der Waals surface area contributed by atoms with E-state index in [4.69, 9.17) is 28.9 Å². The largest absolute Gasteiger partial charge is 0.368 e. The summed E-state index contributed by atoms with van der Waals surface area (Å²) in [5.41, 5.74) is 6.70. The first-order valence-electron chi connectivity index (χ1n) is 5.11. The van der Waals surface area contributed by atoms with Gasteiger partial charge in [-0.3, -0.25) is 4.79 Å². The molecular formula is C11H11Cl2N3O. The number of aryl methyl sites for hydroxylation is 1. The first kappa shape index (κ1) is 12.2. The first-order valence-corrected chi connectivity index (χ1v) is 6.02. The van der Waals surface area contributed by atoms with E-state index in [1.165, 1.54) is 0 Å². The smallest absolute Gasteiger partial charge is 0.237 e. The summed E-state index contributed by atoms with van der Waals surface area (Å²) < 4.78 is 1.72. The number of carbonyl (C=O) groups is 1. The van der Waals surface area contributed by atoms with E-state index in [-0.39, 0.29) is 6.54 Å². The predicted octanol–water partition coefficient (Wildman–Crippen LogP) is 1.96. The highest BCUT2D eigenvalue weighted by molar-refractivity contribution is 6.35. The maximum atomic E-state index is 11.1. The molecule has 0 atom stereocenters. The molecule has 1 aromatic heterocycles. The van der Waals surface area contributed by atoms with Crippen molar-refractivity contribution < 1.29 is 4.79 Å². The summed E-state index contributed by atoms with van der Waals surface area (Å²) in [5, 5.41) is 0.553. The Balaban J connectivity index is 2.64. The molecule has 0 saturated heterocycles. The lowest BCUT2D eigenvalue weighted by Crippen LogP contribution is -2.20. The number of hydrogen-bond acceptors (Lipinski definition) is 2. The van der Waals surface area contributed by atoms with Crippen LogP contribution in [0, 0.1) is 0 Å². The van der Waals surface area contributed by atoms with Crippen LogP contribution < -0.4 is 5.73 Å². The number of imidazole rings is 1. The van der Waals surface area contributed by atoms with Gasteiger partial charge in [0.05, 0.1) is 16.1 Å². The standard InChI is InChI=1S/C11H11Cl2N3O/c12-5-4-10-15-8-3-1-2-7(13)11(8)16(10)6-9(14)17/h1-3H,4-6H2,(H2,14,17). The Bertz CT molecular complexity index is 565. The van der Waals surface area contributed by atoms with Gasteiger partial charge in [-0.05, 0) is 12.1 Å². The summed E-state index contributed by atoms with van der Waals surface area (Å²) in [6.45, 7) is 0.0620. The Kier molecular flexibility index (Phi) is 3.54. The summed E-state index contributed by atoms with van der Waals surface area (Å²) in [5.74, 6) is 0.724. The van der Waals surface area contributed by atoms with Crippen LogP contribution in [0.1, 0.15) is 5.82 Å². The van der Waals surface area contributed by atoms with E-state index in [0.717, 1.165) is 16.9 Å². The number of hydrogen-bond donors (Lipinski definition) is 1. The van der Waals surface area contributed by atoms with E-state index in [0.29, 0.717) is 17.3 Å². The third-order valence-corrected chi connectivity index (χ3v) is 2.92. The van der Waals surface area contributed by atoms with Gasteiger partial charge in [-0.2, -0.15) is 0 Å². The number of halogens is 2. The molecule has 0 spiro atoms. The lowest BCUT2D eigenvalue weighted by molar-refractivity contribution is -0.118. The van der Waals surface area contributed by atoms with E-state index in [9.17, 15) is 4.79 Å². The van der Waals surface area contributed by atoms with Gasteiger partial charge in [0, 0.05) is 12.3 Å². The van der Waals surface area contributed by atoms with Crippen LogP contribution in [-0.4, -0.2) is 21.3 Å². The van der Waals surface area contributed by atoms with E-state index < -0.39 is 5.91 Å². The highest BCUT2D eigenvalue weighted by Crippen LogP contribution is 2.24. The molecular weight excluding hydrogens is 261 g/mol. The van der Waals surface area contributed by atoms with Crippen LogP contribution in [0.15, 0.2) is 18.2 Å². The van der Waals surface area contributed by atoms with Crippen molar-refractivity contribution in [2.45, 2.75) is 13.0 Å². The normalized spacial score (nSPS) is 10.9. The zero-order chi connectivity index (χ0) is 12.4. The van der Waals surface area contributed by atoms with Crippen molar-refractivity contribution in [3.63, 3.8) is 0 Å². The van der Waals surface area contributed by atoms with Crippen LogP contribution >= 0.6 is 23.2 Å². The summed E-state index contributed by atoms with van der Waals surface area (Å²) in [6.07, 6.45) is 0.569. The molecule has 0 aliphatic carbocycles. The van der Waals surface area contributed by atoms with Crippen molar-refractivity contribution in [1.82, 2.24) is 9.55 Å². The zero-order valence-electron chi connectivity index (χ0n) is 8.99. The Hall–Kier alpha value is -1.26. The van der Waals surface area contributed by atoms with Gasteiger partial charge >= 0.3 is 0 Å². The van der Waals surface area contributed by atoms with Crippen LogP contribution in [-0.2, 0) is 17.8 Å². The zero-order valence-corrected chi connectivity index (χ0v) is 10.5. The number of primary amides is 1. The van der Waals surface area contributed by atoms with E-state index in [2.05, 4.69) is 4.98 Å². The number of aromatic nitrogens is 2. The minimum Gasteiger partial charge on any atom is -0.368 e. The number of benzene rings is 1. The molecule has 6 heteroatoms. The van der Waals surface area contributed by atoms with E-state index in [1.54, 1.807) is 10.6 Å². The number of nitrogens with zero attached hydrogens (tertiary/aromatic N) is 2. The van der Waals surface area contributed by atoms with Crippen LogP contribution in [0.25, 0.3) is 11.0 Å². The van der Waals surface area contributed by atoms with Crippen molar-refractivity contribution in [2.24, 2.45) is 5.73 Å². The minimum atomic E-state index is -0.431. The maximum Gasteiger partial charge on any atom is 0.237 e. The molecule has 0 fully saturated rings. The number of rotatable bonds is 4. The van der Waals surface area contributed by atoms with Crippen molar-refractivity contribution in [3.05, 3.63) is 29.0 Å². The number of amides is 1. The molecule has 0 unspecified atom stereocenters. The van der Waals surface area contributed by atoms with Crippen LogP contribution in [0.2, 0.25) is 5.02 Å². The second-order valence-corrected chi connectivity index (χ2v) is 4.41. The predicted molar refractivity (Wildman–Crippen MR) is 68.4 cm³/mol. The highest BCUT2D eigenvalue weighted by atomic mass is 35.5. The monoisotopic (exact) mass is 271 g/mol. The van der Waals surface area contributed by atoms with Gasteiger partial charge in [0.15, 0.2) is 0 Å². The third kappa shape index (κ3) is 2.37. The average Bonchev–Trinajstić information content (AvgIpc) is 2.58. The van der Waals surface area contributed by atoms with Crippen molar-refractivity contribution in [2.75, 3.05) is 5.88 Å². The van der Waals surface area contributed by atoms with Gasteiger partial charge in [0.25, 0.3) is 0 Å². The van der Waals surface area contributed by atoms with Gasteiger partial charge in [0.1, 0.15) is 12.4 Å².